The van der Waals surface area contributed by atoms with Crippen molar-refractivity contribution in [3.8, 4) is 11.4 Å². The zero-order valence-electron chi connectivity index (χ0n) is 12.1. The van der Waals surface area contributed by atoms with Gasteiger partial charge in [0.1, 0.15) is 0 Å². The lowest BCUT2D eigenvalue weighted by molar-refractivity contribution is 0.308. The van der Waals surface area contributed by atoms with Gasteiger partial charge in [0.15, 0.2) is 0 Å². The van der Waals surface area contributed by atoms with Crippen LogP contribution in [0.15, 0.2) is 28.9 Å². The van der Waals surface area contributed by atoms with Gasteiger partial charge in [-0.15, -0.1) is 0 Å². The highest BCUT2D eigenvalue weighted by Crippen LogP contribution is 2.26. The molecule has 6 heteroatoms. The van der Waals surface area contributed by atoms with Crippen LogP contribution in [-0.4, -0.2) is 33.0 Å². The van der Waals surface area contributed by atoms with Gasteiger partial charge in [0.05, 0.1) is 17.6 Å². The van der Waals surface area contributed by atoms with Crippen molar-refractivity contribution in [3.63, 3.8) is 0 Å². The molecule has 3 heterocycles. The van der Waals surface area contributed by atoms with Crippen LogP contribution >= 0.6 is 0 Å². The Bertz CT molecular complexity index is 784. The molecule has 6 nitrogen and oxygen atoms in total. The summed E-state index contributed by atoms with van der Waals surface area (Å²) in [6, 6.07) is 6.47. The molecule has 1 fully saturated rings. The predicted octanol–water partition coefficient (Wildman–Crippen LogP) is 2.35. The topological polar surface area (TPSA) is 68.8 Å². The van der Waals surface area contributed by atoms with Crippen molar-refractivity contribution in [1.82, 2.24) is 25.2 Å². The molecule has 1 aliphatic rings. The number of nitrogens with one attached hydrogen (secondary N) is 1. The van der Waals surface area contributed by atoms with E-state index in [1.165, 1.54) is 0 Å². The first-order valence-corrected chi connectivity index (χ1v) is 7.24. The number of nitrogens with zero attached hydrogens (tertiary/aromatic N) is 4. The van der Waals surface area contributed by atoms with Crippen LogP contribution in [0.1, 0.15) is 31.7 Å². The SMILES string of the molecule is CC(C)n1ncc2ccc(-c3noc(C4CNC4)n3)cc21. The molecule has 108 valence electrons. The summed E-state index contributed by atoms with van der Waals surface area (Å²) in [7, 11) is 0. The van der Waals surface area contributed by atoms with Gasteiger partial charge in [-0.2, -0.15) is 10.1 Å². The van der Waals surface area contributed by atoms with Crippen LogP contribution in [-0.2, 0) is 0 Å². The first kappa shape index (κ1) is 12.5. The minimum absolute atomic E-state index is 0.319. The van der Waals surface area contributed by atoms with E-state index in [9.17, 15) is 0 Å². The van der Waals surface area contributed by atoms with E-state index in [1.807, 2.05) is 16.9 Å². The molecule has 1 aromatic carbocycles. The van der Waals surface area contributed by atoms with Gasteiger partial charge in [-0.1, -0.05) is 17.3 Å². The fourth-order valence-corrected chi connectivity index (χ4v) is 2.57. The van der Waals surface area contributed by atoms with Crippen molar-refractivity contribution in [3.05, 3.63) is 30.3 Å². The van der Waals surface area contributed by atoms with Gasteiger partial charge in [-0.25, -0.2) is 0 Å². The summed E-state index contributed by atoms with van der Waals surface area (Å²) < 4.78 is 7.38. The van der Waals surface area contributed by atoms with Gasteiger partial charge in [-0.05, 0) is 19.9 Å². The molecule has 0 unspecified atom stereocenters. The average molecular weight is 283 g/mol. The number of aromatic nitrogens is 4. The Morgan fingerprint density at radius 1 is 1.33 bits per heavy atom. The summed E-state index contributed by atoms with van der Waals surface area (Å²) in [6.45, 7) is 6.08. The summed E-state index contributed by atoms with van der Waals surface area (Å²) in [5.41, 5.74) is 2.06. The van der Waals surface area contributed by atoms with E-state index in [2.05, 4.69) is 46.5 Å². The lowest BCUT2D eigenvalue weighted by Crippen LogP contribution is -2.40. The van der Waals surface area contributed by atoms with Crippen LogP contribution < -0.4 is 5.32 Å². The molecule has 21 heavy (non-hydrogen) atoms. The third-order valence-corrected chi connectivity index (χ3v) is 3.92. The zero-order valence-corrected chi connectivity index (χ0v) is 12.1. The number of rotatable bonds is 3. The Morgan fingerprint density at radius 3 is 2.90 bits per heavy atom. The van der Waals surface area contributed by atoms with Gasteiger partial charge in [-0.3, -0.25) is 4.68 Å². The Morgan fingerprint density at radius 2 is 2.19 bits per heavy atom. The average Bonchev–Trinajstić information content (AvgIpc) is 3.02. The number of fused-ring (bicyclic) bond motifs is 1. The molecular weight excluding hydrogens is 266 g/mol. The third-order valence-electron chi connectivity index (χ3n) is 3.92. The molecule has 0 saturated carbocycles. The van der Waals surface area contributed by atoms with E-state index in [-0.39, 0.29) is 0 Å². The molecule has 1 aliphatic heterocycles. The van der Waals surface area contributed by atoms with E-state index in [0.717, 1.165) is 35.4 Å². The van der Waals surface area contributed by atoms with Gasteiger partial charge < -0.3 is 9.84 Å². The van der Waals surface area contributed by atoms with E-state index >= 15 is 0 Å². The van der Waals surface area contributed by atoms with Gasteiger partial charge in [0.2, 0.25) is 11.7 Å². The fraction of sp³-hybridized carbons (Fsp3) is 0.400. The number of hydrogen-bond acceptors (Lipinski definition) is 5. The summed E-state index contributed by atoms with van der Waals surface area (Å²) in [5.74, 6) is 1.73. The molecule has 0 amide bonds. The number of benzene rings is 1. The predicted molar refractivity (Wildman–Crippen MR) is 79.0 cm³/mol. The van der Waals surface area contributed by atoms with E-state index in [1.54, 1.807) is 0 Å². The molecule has 0 atom stereocenters. The molecule has 4 rings (SSSR count). The molecule has 0 aliphatic carbocycles. The third kappa shape index (κ3) is 2.03. The standard InChI is InChI=1S/C15H17N5O/c1-9(2)20-13-5-10(3-4-11(13)8-17-20)14-18-15(21-19-14)12-6-16-7-12/h3-5,8-9,12,16H,6-7H2,1-2H3. The maximum absolute atomic E-state index is 5.37. The van der Waals surface area contributed by atoms with Crippen LogP contribution in [0, 0.1) is 0 Å². The van der Waals surface area contributed by atoms with Crippen molar-refractivity contribution in [1.29, 1.82) is 0 Å². The lowest BCUT2D eigenvalue weighted by atomic mass is 10.0. The van der Waals surface area contributed by atoms with Crippen molar-refractivity contribution >= 4 is 10.9 Å². The van der Waals surface area contributed by atoms with Gasteiger partial charge >= 0.3 is 0 Å². The highest BCUT2D eigenvalue weighted by molar-refractivity contribution is 5.83. The second-order valence-corrected chi connectivity index (χ2v) is 5.77. The summed E-state index contributed by atoms with van der Waals surface area (Å²) in [5, 5.41) is 12.9. The van der Waals surface area contributed by atoms with Crippen LogP contribution in [0.25, 0.3) is 22.3 Å². The lowest BCUT2D eigenvalue weighted by Gasteiger charge is -2.22. The van der Waals surface area contributed by atoms with Crippen molar-refractivity contribution < 1.29 is 4.52 Å². The van der Waals surface area contributed by atoms with Crippen LogP contribution in [0.5, 0.6) is 0 Å². The van der Waals surface area contributed by atoms with Crippen LogP contribution in [0.3, 0.4) is 0 Å². The van der Waals surface area contributed by atoms with Crippen molar-refractivity contribution in [2.24, 2.45) is 0 Å². The zero-order chi connectivity index (χ0) is 14.4. The molecule has 1 N–H and O–H groups in total. The van der Waals surface area contributed by atoms with E-state index in [0.29, 0.717) is 17.8 Å². The van der Waals surface area contributed by atoms with Crippen molar-refractivity contribution in [2.75, 3.05) is 13.1 Å². The molecule has 1 saturated heterocycles. The Balaban J connectivity index is 1.75. The Kier molecular flexibility index (Phi) is 2.78. The molecule has 0 bridgehead atoms. The maximum Gasteiger partial charge on any atom is 0.232 e. The molecule has 0 radical (unpaired) electrons. The second kappa shape index (κ2) is 4.66. The molecule has 3 aromatic rings. The Hall–Kier alpha value is -2.21. The molecule has 2 aromatic heterocycles. The smallest absolute Gasteiger partial charge is 0.232 e. The highest BCUT2D eigenvalue weighted by atomic mass is 16.5. The summed E-state index contributed by atoms with van der Waals surface area (Å²) in [4.78, 5) is 4.52. The van der Waals surface area contributed by atoms with Crippen molar-refractivity contribution in [2.45, 2.75) is 25.8 Å². The first-order valence-electron chi connectivity index (χ1n) is 7.24. The van der Waals surface area contributed by atoms with E-state index < -0.39 is 0 Å². The summed E-state index contributed by atoms with van der Waals surface area (Å²) in [6.07, 6.45) is 1.89. The minimum atomic E-state index is 0.319. The Labute approximate surface area is 122 Å². The minimum Gasteiger partial charge on any atom is -0.339 e. The van der Waals surface area contributed by atoms with Crippen LogP contribution in [0.4, 0.5) is 0 Å². The first-order chi connectivity index (χ1) is 10.2. The van der Waals surface area contributed by atoms with E-state index in [4.69, 9.17) is 4.52 Å². The monoisotopic (exact) mass is 283 g/mol. The maximum atomic E-state index is 5.37. The normalized spacial score (nSPS) is 15.8. The van der Waals surface area contributed by atoms with Gasteiger partial charge in [0.25, 0.3) is 0 Å². The number of hydrogen-bond donors (Lipinski definition) is 1. The second-order valence-electron chi connectivity index (χ2n) is 5.77. The quantitative estimate of drug-likeness (QED) is 0.799. The molecule has 0 spiro atoms. The fourth-order valence-electron chi connectivity index (χ4n) is 2.57. The highest BCUT2D eigenvalue weighted by Gasteiger charge is 2.25. The van der Waals surface area contributed by atoms with Gasteiger partial charge in [0, 0.05) is 30.1 Å². The van der Waals surface area contributed by atoms with Crippen LogP contribution in [0.2, 0.25) is 0 Å². The summed E-state index contributed by atoms with van der Waals surface area (Å²) >= 11 is 0. The molecular formula is C15H17N5O. The largest absolute Gasteiger partial charge is 0.339 e.